The summed E-state index contributed by atoms with van der Waals surface area (Å²) >= 11 is 1.12. The summed E-state index contributed by atoms with van der Waals surface area (Å²) in [6.07, 6.45) is 0.434. The van der Waals surface area contributed by atoms with Gasteiger partial charge in [0.05, 0.1) is 10.7 Å². The van der Waals surface area contributed by atoms with E-state index in [2.05, 4.69) is 9.71 Å². The highest BCUT2D eigenvalue weighted by molar-refractivity contribution is 7.91. The highest BCUT2D eigenvalue weighted by Crippen LogP contribution is 2.29. The average Bonchev–Trinajstić information content (AvgIpc) is 2.99. The number of aryl methyl sites for hydroxylation is 2. The number of aromatic nitrogens is 1. The molecule has 1 N–H and O–H groups in total. The second kappa shape index (κ2) is 6.27. The maximum Gasteiger partial charge on any atom is 0.252 e. The fraction of sp³-hybridized carbons (Fsp3) is 0.375. The number of nitrogens with zero attached hydrogens (tertiary/aromatic N) is 2. The van der Waals surface area contributed by atoms with Crippen LogP contribution in [-0.4, -0.2) is 31.4 Å². The van der Waals surface area contributed by atoms with Crippen molar-refractivity contribution in [1.29, 1.82) is 0 Å². The van der Waals surface area contributed by atoms with E-state index in [1.807, 2.05) is 37.3 Å². The van der Waals surface area contributed by atoms with Crippen molar-refractivity contribution in [2.24, 2.45) is 0 Å². The fourth-order valence-corrected chi connectivity index (χ4v) is 5.71. The Morgan fingerprint density at radius 2 is 1.92 bits per heavy atom. The lowest BCUT2D eigenvalue weighted by atomic mass is 10.2. The molecule has 128 valence electrons. The molecule has 0 saturated carbocycles. The number of para-hydroxylation sites is 1. The summed E-state index contributed by atoms with van der Waals surface area (Å²) in [5, 5.41) is 0.685. The lowest BCUT2D eigenvalue weighted by Crippen LogP contribution is -2.41. The molecule has 1 fully saturated rings. The number of amides is 1. The van der Waals surface area contributed by atoms with Gasteiger partial charge >= 0.3 is 0 Å². The average molecular weight is 365 g/mol. The highest BCUT2D eigenvalue weighted by Gasteiger charge is 2.40. The molecule has 1 saturated heterocycles. The van der Waals surface area contributed by atoms with Gasteiger partial charge in [0.25, 0.3) is 10.0 Å². The summed E-state index contributed by atoms with van der Waals surface area (Å²) in [5.74, 6) is -0.226. The largest absolute Gasteiger partial charge is 0.308 e. The van der Waals surface area contributed by atoms with Gasteiger partial charge < -0.3 is 4.90 Å². The van der Waals surface area contributed by atoms with Gasteiger partial charge in [-0.3, -0.25) is 4.79 Å². The Bertz CT molecular complexity index is 862. The van der Waals surface area contributed by atoms with Gasteiger partial charge in [0.2, 0.25) is 5.91 Å². The van der Waals surface area contributed by atoms with Crippen molar-refractivity contribution in [2.45, 2.75) is 43.5 Å². The number of sulfonamides is 1. The zero-order valence-corrected chi connectivity index (χ0v) is 15.3. The molecule has 0 radical (unpaired) electrons. The van der Waals surface area contributed by atoms with Crippen LogP contribution in [0.2, 0.25) is 0 Å². The quantitative estimate of drug-likeness (QED) is 0.901. The fourth-order valence-electron chi connectivity index (χ4n) is 3.00. The first kappa shape index (κ1) is 17.1. The van der Waals surface area contributed by atoms with Gasteiger partial charge in [-0.15, -0.1) is 11.3 Å². The van der Waals surface area contributed by atoms with Crippen molar-refractivity contribution >= 4 is 33.0 Å². The van der Waals surface area contributed by atoms with Gasteiger partial charge in [0, 0.05) is 11.7 Å². The highest BCUT2D eigenvalue weighted by atomic mass is 32.2. The summed E-state index contributed by atoms with van der Waals surface area (Å²) in [7, 11) is -3.76. The monoisotopic (exact) mass is 365 g/mol. The van der Waals surface area contributed by atoms with Crippen LogP contribution >= 0.6 is 11.3 Å². The molecule has 3 rings (SSSR count). The molecule has 8 heteroatoms. The van der Waals surface area contributed by atoms with Crippen LogP contribution in [0.25, 0.3) is 0 Å². The van der Waals surface area contributed by atoms with Crippen LogP contribution in [-0.2, 0) is 14.8 Å². The predicted octanol–water partition coefficient (Wildman–Crippen LogP) is 2.23. The summed E-state index contributed by atoms with van der Waals surface area (Å²) in [6, 6.07) is 8.46. The van der Waals surface area contributed by atoms with E-state index in [4.69, 9.17) is 0 Å². The number of thiazole rings is 1. The summed E-state index contributed by atoms with van der Waals surface area (Å²) in [6.45, 7) is 5.34. The van der Waals surface area contributed by atoms with Crippen LogP contribution in [0.15, 0.2) is 34.5 Å². The minimum Gasteiger partial charge on any atom is -0.308 e. The van der Waals surface area contributed by atoms with Crippen LogP contribution < -0.4 is 9.62 Å². The van der Waals surface area contributed by atoms with Gasteiger partial charge in [0.1, 0.15) is 6.04 Å². The van der Waals surface area contributed by atoms with E-state index in [0.717, 1.165) is 17.0 Å². The molecule has 1 aliphatic rings. The van der Waals surface area contributed by atoms with Crippen molar-refractivity contribution in [3.8, 4) is 0 Å². The predicted molar refractivity (Wildman–Crippen MR) is 93.7 cm³/mol. The van der Waals surface area contributed by atoms with Crippen molar-refractivity contribution in [3.63, 3.8) is 0 Å². The summed E-state index contributed by atoms with van der Waals surface area (Å²) < 4.78 is 27.9. The van der Waals surface area contributed by atoms with Gasteiger partial charge in [-0.1, -0.05) is 18.2 Å². The molecule has 2 heterocycles. The Balaban J connectivity index is 1.84. The zero-order valence-electron chi connectivity index (χ0n) is 13.7. The first-order valence-electron chi connectivity index (χ1n) is 7.64. The summed E-state index contributed by atoms with van der Waals surface area (Å²) in [5.41, 5.74) is 1.24. The van der Waals surface area contributed by atoms with E-state index in [-0.39, 0.29) is 16.2 Å². The minimum atomic E-state index is -3.76. The number of benzene rings is 1. The third kappa shape index (κ3) is 3.09. The normalized spacial score (nSPS) is 21.5. The molecule has 0 spiro atoms. The van der Waals surface area contributed by atoms with Crippen molar-refractivity contribution in [3.05, 3.63) is 41.0 Å². The van der Waals surface area contributed by atoms with E-state index >= 15 is 0 Å². The van der Waals surface area contributed by atoms with Crippen LogP contribution in [0.3, 0.4) is 0 Å². The van der Waals surface area contributed by atoms with Crippen LogP contribution in [0.5, 0.6) is 0 Å². The Morgan fingerprint density at radius 3 is 2.50 bits per heavy atom. The summed E-state index contributed by atoms with van der Waals surface area (Å²) in [4.78, 5) is 18.5. The number of carbonyl (C=O) groups excluding carboxylic acids is 1. The molecule has 2 atom stereocenters. The van der Waals surface area contributed by atoms with E-state index in [1.54, 1.807) is 18.7 Å². The number of nitrogens with one attached hydrogen (secondary N) is 1. The molecule has 24 heavy (non-hydrogen) atoms. The first-order valence-corrected chi connectivity index (χ1v) is 9.94. The maximum absolute atomic E-state index is 12.7. The Kier molecular flexibility index (Phi) is 4.46. The molecule has 0 aliphatic carbocycles. The number of hydrogen-bond acceptors (Lipinski definition) is 5. The number of rotatable bonds is 4. The molecule has 6 nitrogen and oxygen atoms in total. The minimum absolute atomic E-state index is 0.0723. The van der Waals surface area contributed by atoms with Crippen LogP contribution in [0, 0.1) is 13.8 Å². The van der Waals surface area contributed by atoms with E-state index in [9.17, 15) is 13.2 Å². The number of anilines is 1. The van der Waals surface area contributed by atoms with Gasteiger partial charge in [-0.25, -0.2) is 13.4 Å². The number of carbonyl (C=O) groups is 1. The lowest BCUT2D eigenvalue weighted by Gasteiger charge is -2.21. The van der Waals surface area contributed by atoms with E-state index in [0.29, 0.717) is 17.1 Å². The second-order valence-corrected chi connectivity index (χ2v) is 9.02. The molecule has 0 bridgehead atoms. The molecular weight excluding hydrogens is 346 g/mol. The SMILES string of the molecule is Cc1nc(C)c(S(=O)(=O)NC2CC(C)N(c3ccccc3)C2=O)s1. The third-order valence-corrected chi connectivity index (χ3v) is 7.14. The first-order chi connectivity index (χ1) is 11.3. The molecular formula is C16H19N3O3S2. The van der Waals surface area contributed by atoms with Crippen molar-refractivity contribution in [1.82, 2.24) is 9.71 Å². The Labute approximate surface area is 145 Å². The van der Waals surface area contributed by atoms with Gasteiger partial charge in [0.15, 0.2) is 4.21 Å². The molecule has 2 unspecified atom stereocenters. The maximum atomic E-state index is 12.7. The lowest BCUT2D eigenvalue weighted by molar-refractivity contribution is -0.118. The smallest absolute Gasteiger partial charge is 0.252 e. The molecule has 1 aromatic heterocycles. The topological polar surface area (TPSA) is 79.4 Å². The van der Waals surface area contributed by atoms with Crippen molar-refractivity contribution < 1.29 is 13.2 Å². The van der Waals surface area contributed by atoms with E-state index < -0.39 is 16.1 Å². The molecule has 2 aromatic rings. The van der Waals surface area contributed by atoms with Crippen LogP contribution in [0.1, 0.15) is 24.0 Å². The molecule has 1 aliphatic heterocycles. The Hall–Kier alpha value is -1.77. The van der Waals surface area contributed by atoms with Gasteiger partial charge in [-0.2, -0.15) is 4.72 Å². The Morgan fingerprint density at radius 1 is 1.25 bits per heavy atom. The zero-order chi connectivity index (χ0) is 17.5. The van der Waals surface area contributed by atoms with Gasteiger partial charge in [-0.05, 0) is 39.3 Å². The molecule has 1 aromatic carbocycles. The standard InChI is InChI=1S/C16H19N3O3S2/c1-10-9-14(15(20)19(10)13-7-5-4-6-8-13)18-24(21,22)16-11(2)17-12(3)23-16/h4-8,10,14,18H,9H2,1-3H3. The number of hydrogen-bond donors (Lipinski definition) is 1. The second-order valence-electron chi connectivity index (χ2n) is 5.91. The third-order valence-electron chi connectivity index (χ3n) is 3.99. The molecule has 1 amide bonds. The van der Waals surface area contributed by atoms with E-state index in [1.165, 1.54) is 0 Å². The van der Waals surface area contributed by atoms with Crippen LogP contribution in [0.4, 0.5) is 5.69 Å². The van der Waals surface area contributed by atoms with Crippen molar-refractivity contribution in [2.75, 3.05) is 4.90 Å².